The topological polar surface area (TPSA) is 85.3 Å². The molecular formula is C43H88NO6P. The Kier molecular flexibility index (Phi) is 40.4. The number of carbonyl (C=O) groups excluding carboxylic acids is 1. The highest BCUT2D eigenvalue weighted by Gasteiger charge is 2.23. The molecule has 1 unspecified atom stereocenters. The number of esters is 1. The average Bonchev–Trinajstić information content (AvgIpc) is 3.12. The maximum atomic E-state index is 13.5. The minimum absolute atomic E-state index is 0.0331. The van der Waals surface area contributed by atoms with E-state index >= 15 is 0 Å². The zero-order valence-electron chi connectivity index (χ0n) is 34.5. The molecule has 0 rings (SSSR count). The summed E-state index contributed by atoms with van der Waals surface area (Å²) in [5.74, 6) is -0.0331. The zero-order valence-corrected chi connectivity index (χ0v) is 35.4. The first-order valence-corrected chi connectivity index (χ1v) is 24.1. The molecular weight excluding hydrogens is 657 g/mol. The van der Waals surface area contributed by atoms with Gasteiger partial charge in [-0.25, -0.2) is 0 Å². The third-order valence-electron chi connectivity index (χ3n) is 10.0. The maximum absolute atomic E-state index is 13.5. The van der Waals surface area contributed by atoms with Gasteiger partial charge in [0.25, 0.3) is 0 Å². The number of unbranched alkanes of at least 4 members (excludes halogenated alkanes) is 25. The fraction of sp³-hybridized carbons (Fsp3) is 0.977. The SMILES string of the molecule is CCCCCCCCCOC(=O)CCCCCCCN(CCO)CCCCCCCOP(=O)(CCCCCCCCC)OCCCCCCCC. The van der Waals surface area contributed by atoms with E-state index in [9.17, 15) is 14.5 Å². The van der Waals surface area contributed by atoms with Gasteiger partial charge in [-0.2, -0.15) is 0 Å². The Balaban J connectivity index is 4.02. The molecule has 0 bridgehead atoms. The van der Waals surface area contributed by atoms with Crippen LogP contribution in [-0.4, -0.2) is 68.2 Å². The summed E-state index contributed by atoms with van der Waals surface area (Å²) in [5, 5.41) is 9.55. The Labute approximate surface area is 318 Å². The van der Waals surface area contributed by atoms with Gasteiger partial charge in [-0.1, -0.05) is 168 Å². The Morgan fingerprint density at radius 3 is 1.29 bits per heavy atom. The Hall–Kier alpha value is -0.460. The minimum Gasteiger partial charge on any atom is -0.466 e. The molecule has 0 aromatic carbocycles. The standard InChI is InChI=1S/C43H88NO6P/c1-4-7-10-13-16-23-30-39-48-43(46)34-27-20-18-21-28-35-44(37-38-45)36-29-22-19-25-32-41-50-51(47,42-33-26-17-14-11-8-5-2)49-40-31-24-15-12-9-6-3/h45H,4-42H2,1-3H3. The molecule has 0 aliphatic heterocycles. The van der Waals surface area contributed by atoms with Crippen molar-refractivity contribution in [1.29, 1.82) is 0 Å². The van der Waals surface area contributed by atoms with Gasteiger partial charge in [0.2, 0.25) is 0 Å². The van der Waals surface area contributed by atoms with Crippen molar-refractivity contribution in [3.8, 4) is 0 Å². The molecule has 7 nitrogen and oxygen atoms in total. The van der Waals surface area contributed by atoms with Crippen LogP contribution in [0.25, 0.3) is 0 Å². The molecule has 0 aromatic heterocycles. The smallest absolute Gasteiger partial charge is 0.330 e. The summed E-state index contributed by atoms with van der Waals surface area (Å²) in [4.78, 5) is 14.4. The molecule has 0 amide bonds. The van der Waals surface area contributed by atoms with Crippen LogP contribution in [0.15, 0.2) is 0 Å². The largest absolute Gasteiger partial charge is 0.466 e. The molecule has 0 aliphatic carbocycles. The van der Waals surface area contributed by atoms with E-state index in [1.54, 1.807) is 0 Å². The number of carbonyl (C=O) groups is 1. The highest BCUT2D eigenvalue weighted by Crippen LogP contribution is 2.49. The number of hydrogen-bond acceptors (Lipinski definition) is 7. The molecule has 0 fully saturated rings. The lowest BCUT2D eigenvalue weighted by molar-refractivity contribution is -0.143. The Bertz CT molecular complexity index is 732. The van der Waals surface area contributed by atoms with Gasteiger partial charge in [0.05, 0.1) is 32.6 Å². The van der Waals surface area contributed by atoms with Crippen LogP contribution in [0.5, 0.6) is 0 Å². The van der Waals surface area contributed by atoms with E-state index in [-0.39, 0.29) is 12.6 Å². The van der Waals surface area contributed by atoms with Crippen LogP contribution in [0.3, 0.4) is 0 Å². The zero-order chi connectivity index (χ0) is 37.4. The van der Waals surface area contributed by atoms with E-state index < -0.39 is 7.60 Å². The monoisotopic (exact) mass is 746 g/mol. The quantitative estimate of drug-likeness (QED) is 0.0378. The lowest BCUT2D eigenvalue weighted by Crippen LogP contribution is -2.29. The van der Waals surface area contributed by atoms with E-state index in [1.807, 2.05) is 0 Å². The van der Waals surface area contributed by atoms with Gasteiger partial charge in [0.15, 0.2) is 0 Å². The van der Waals surface area contributed by atoms with Gasteiger partial charge < -0.3 is 23.8 Å². The summed E-state index contributed by atoms with van der Waals surface area (Å²) in [6.07, 6.45) is 36.3. The Morgan fingerprint density at radius 2 is 0.843 bits per heavy atom. The Morgan fingerprint density at radius 1 is 0.471 bits per heavy atom. The first-order valence-electron chi connectivity index (χ1n) is 22.4. The van der Waals surface area contributed by atoms with E-state index in [0.29, 0.717) is 32.4 Å². The van der Waals surface area contributed by atoms with Crippen LogP contribution >= 0.6 is 7.60 Å². The predicted molar refractivity (Wildman–Crippen MR) is 219 cm³/mol. The third-order valence-corrected chi connectivity index (χ3v) is 12.0. The second-order valence-corrected chi connectivity index (χ2v) is 17.3. The van der Waals surface area contributed by atoms with Crippen LogP contribution in [-0.2, 0) is 23.1 Å². The van der Waals surface area contributed by atoms with Gasteiger partial charge in [-0.05, 0) is 58.0 Å². The molecule has 51 heavy (non-hydrogen) atoms. The van der Waals surface area contributed by atoms with Crippen LogP contribution in [0.2, 0.25) is 0 Å². The van der Waals surface area contributed by atoms with E-state index in [0.717, 1.165) is 103 Å². The molecule has 0 saturated heterocycles. The van der Waals surface area contributed by atoms with Crippen LogP contribution < -0.4 is 0 Å². The first-order chi connectivity index (χ1) is 25.0. The van der Waals surface area contributed by atoms with Gasteiger partial charge in [-0.15, -0.1) is 0 Å². The van der Waals surface area contributed by atoms with E-state index in [2.05, 4.69) is 25.7 Å². The highest BCUT2D eigenvalue weighted by molar-refractivity contribution is 7.53. The van der Waals surface area contributed by atoms with Crippen molar-refractivity contribution in [3.63, 3.8) is 0 Å². The third kappa shape index (κ3) is 37.6. The van der Waals surface area contributed by atoms with Crippen molar-refractivity contribution in [2.75, 3.05) is 52.2 Å². The summed E-state index contributed by atoms with van der Waals surface area (Å²) >= 11 is 0. The fourth-order valence-corrected chi connectivity index (χ4v) is 8.37. The van der Waals surface area contributed by atoms with Crippen LogP contribution in [0.1, 0.15) is 220 Å². The lowest BCUT2D eigenvalue weighted by atomic mass is 10.1. The number of nitrogens with zero attached hydrogens (tertiary/aromatic N) is 1. The molecule has 1 N–H and O–H groups in total. The average molecular weight is 746 g/mol. The molecule has 0 aromatic rings. The summed E-state index contributed by atoms with van der Waals surface area (Å²) in [6, 6.07) is 0. The number of aliphatic hydroxyl groups excluding tert-OH is 1. The van der Waals surface area contributed by atoms with Gasteiger partial charge in [0, 0.05) is 13.0 Å². The molecule has 1 atom stereocenters. The molecule has 0 aliphatic rings. The van der Waals surface area contributed by atoms with Crippen LogP contribution in [0.4, 0.5) is 0 Å². The van der Waals surface area contributed by atoms with Crippen molar-refractivity contribution < 1.29 is 28.3 Å². The number of aliphatic hydroxyl groups is 1. The van der Waals surface area contributed by atoms with E-state index in [1.165, 1.54) is 109 Å². The second kappa shape index (κ2) is 40.7. The second-order valence-electron chi connectivity index (χ2n) is 15.1. The van der Waals surface area contributed by atoms with Crippen LogP contribution in [0, 0.1) is 0 Å². The maximum Gasteiger partial charge on any atom is 0.330 e. The lowest BCUT2D eigenvalue weighted by Gasteiger charge is -2.21. The minimum atomic E-state index is -3.01. The number of ether oxygens (including phenoxy) is 1. The fourth-order valence-electron chi connectivity index (χ4n) is 6.62. The molecule has 0 radical (unpaired) electrons. The summed E-state index contributed by atoms with van der Waals surface area (Å²) in [6.45, 7) is 11.4. The summed E-state index contributed by atoms with van der Waals surface area (Å²) < 4.78 is 30.9. The van der Waals surface area contributed by atoms with Crippen molar-refractivity contribution in [2.45, 2.75) is 220 Å². The van der Waals surface area contributed by atoms with Crippen molar-refractivity contribution >= 4 is 13.6 Å². The molecule has 8 heteroatoms. The predicted octanol–water partition coefficient (Wildman–Crippen LogP) is 13.2. The normalized spacial score (nSPS) is 12.9. The summed E-state index contributed by atoms with van der Waals surface area (Å²) in [7, 11) is -3.01. The van der Waals surface area contributed by atoms with Crippen molar-refractivity contribution in [1.82, 2.24) is 4.90 Å². The van der Waals surface area contributed by atoms with Crippen molar-refractivity contribution in [2.24, 2.45) is 0 Å². The first kappa shape index (κ1) is 50.5. The number of rotatable bonds is 43. The van der Waals surface area contributed by atoms with Crippen molar-refractivity contribution in [3.05, 3.63) is 0 Å². The molecule has 0 heterocycles. The summed E-state index contributed by atoms with van der Waals surface area (Å²) in [5.41, 5.74) is 0. The van der Waals surface area contributed by atoms with Gasteiger partial charge in [-0.3, -0.25) is 9.36 Å². The molecule has 306 valence electrons. The number of hydrogen-bond donors (Lipinski definition) is 1. The molecule has 0 spiro atoms. The molecule has 0 saturated carbocycles. The van der Waals surface area contributed by atoms with Gasteiger partial charge >= 0.3 is 13.6 Å². The highest BCUT2D eigenvalue weighted by atomic mass is 31.2. The van der Waals surface area contributed by atoms with E-state index in [4.69, 9.17) is 13.8 Å². The van der Waals surface area contributed by atoms with Gasteiger partial charge in [0.1, 0.15) is 0 Å².